The highest BCUT2D eigenvalue weighted by Gasteiger charge is 2.08. The standard InChI is InChI=1S/C14H20N2O2S/c1-3-8-19-9-7-16-14(17)11-5-6-13(18-4-2)12(15)10-11/h3,5-6,10H,1,4,7-9,15H2,2H3,(H,16,17). The average molecular weight is 280 g/mol. The van der Waals surface area contributed by atoms with Crippen molar-refractivity contribution in [1.29, 1.82) is 0 Å². The van der Waals surface area contributed by atoms with Crippen LogP contribution in [-0.2, 0) is 0 Å². The topological polar surface area (TPSA) is 64.3 Å². The molecule has 5 heteroatoms. The fourth-order valence-corrected chi connectivity index (χ4v) is 2.06. The molecular weight excluding hydrogens is 260 g/mol. The number of nitrogens with two attached hydrogens (primary N) is 1. The smallest absolute Gasteiger partial charge is 0.251 e. The van der Waals surface area contributed by atoms with Crippen molar-refractivity contribution < 1.29 is 9.53 Å². The maximum absolute atomic E-state index is 11.9. The van der Waals surface area contributed by atoms with Gasteiger partial charge in [0.05, 0.1) is 12.3 Å². The number of ether oxygens (including phenoxy) is 1. The molecule has 0 aromatic heterocycles. The quantitative estimate of drug-likeness (QED) is 0.436. The molecule has 0 fully saturated rings. The Labute approximate surface area is 118 Å². The van der Waals surface area contributed by atoms with Crippen LogP contribution in [-0.4, -0.2) is 30.6 Å². The molecule has 3 N–H and O–H groups in total. The van der Waals surface area contributed by atoms with Gasteiger partial charge in [0.1, 0.15) is 5.75 Å². The van der Waals surface area contributed by atoms with Gasteiger partial charge in [-0.3, -0.25) is 4.79 Å². The van der Waals surface area contributed by atoms with E-state index in [0.717, 1.165) is 11.5 Å². The van der Waals surface area contributed by atoms with Gasteiger partial charge >= 0.3 is 0 Å². The van der Waals surface area contributed by atoms with E-state index in [2.05, 4.69) is 11.9 Å². The zero-order chi connectivity index (χ0) is 14.1. The van der Waals surface area contributed by atoms with Crippen LogP contribution < -0.4 is 15.8 Å². The molecule has 0 bridgehead atoms. The lowest BCUT2D eigenvalue weighted by Crippen LogP contribution is -2.25. The summed E-state index contributed by atoms with van der Waals surface area (Å²) in [5.74, 6) is 2.26. The summed E-state index contributed by atoms with van der Waals surface area (Å²) in [6, 6.07) is 5.07. The lowest BCUT2D eigenvalue weighted by molar-refractivity contribution is 0.0956. The molecule has 0 heterocycles. The Morgan fingerprint density at radius 2 is 2.37 bits per heavy atom. The summed E-state index contributed by atoms with van der Waals surface area (Å²) in [7, 11) is 0. The number of nitrogens with one attached hydrogen (secondary N) is 1. The summed E-state index contributed by atoms with van der Waals surface area (Å²) in [5, 5.41) is 2.85. The average Bonchev–Trinajstić information content (AvgIpc) is 2.41. The lowest BCUT2D eigenvalue weighted by atomic mass is 10.2. The summed E-state index contributed by atoms with van der Waals surface area (Å²) in [6.45, 7) is 6.71. The van der Waals surface area contributed by atoms with Crippen molar-refractivity contribution in [2.75, 3.05) is 30.4 Å². The molecule has 0 unspecified atom stereocenters. The SMILES string of the molecule is C=CCSCCNC(=O)c1ccc(OCC)c(N)c1. The highest BCUT2D eigenvalue weighted by molar-refractivity contribution is 7.99. The van der Waals surface area contributed by atoms with Crippen molar-refractivity contribution in [2.24, 2.45) is 0 Å². The molecule has 19 heavy (non-hydrogen) atoms. The van der Waals surface area contributed by atoms with E-state index in [4.69, 9.17) is 10.5 Å². The first-order valence-electron chi connectivity index (χ1n) is 6.18. The first-order chi connectivity index (χ1) is 9.19. The van der Waals surface area contributed by atoms with Crippen molar-refractivity contribution in [1.82, 2.24) is 5.32 Å². The summed E-state index contributed by atoms with van der Waals surface area (Å²) < 4.78 is 5.33. The molecule has 1 rings (SSSR count). The summed E-state index contributed by atoms with van der Waals surface area (Å²) in [6.07, 6.45) is 1.85. The summed E-state index contributed by atoms with van der Waals surface area (Å²) >= 11 is 1.73. The molecule has 4 nitrogen and oxygen atoms in total. The van der Waals surface area contributed by atoms with Gasteiger partial charge in [-0.25, -0.2) is 0 Å². The number of carbonyl (C=O) groups is 1. The molecule has 1 aromatic rings. The van der Waals surface area contributed by atoms with Crippen molar-refractivity contribution in [3.8, 4) is 5.75 Å². The molecule has 0 atom stereocenters. The van der Waals surface area contributed by atoms with E-state index in [1.807, 2.05) is 13.0 Å². The summed E-state index contributed by atoms with van der Waals surface area (Å²) in [5.41, 5.74) is 6.85. The Hall–Kier alpha value is -1.62. The Morgan fingerprint density at radius 1 is 1.58 bits per heavy atom. The Balaban J connectivity index is 2.48. The predicted molar refractivity (Wildman–Crippen MR) is 81.9 cm³/mol. The van der Waals surface area contributed by atoms with Gasteiger partial charge in [-0.1, -0.05) is 6.08 Å². The van der Waals surface area contributed by atoms with Crippen LogP contribution in [0.3, 0.4) is 0 Å². The van der Waals surface area contributed by atoms with Gasteiger partial charge in [0.25, 0.3) is 5.91 Å². The van der Waals surface area contributed by atoms with E-state index < -0.39 is 0 Å². The van der Waals surface area contributed by atoms with Gasteiger partial charge < -0.3 is 15.8 Å². The largest absolute Gasteiger partial charge is 0.492 e. The van der Waals surface area contributed by atoms with E-state index in [1.54, 1.807) is 30.0 Å². The number of nitrogen functional groups attached to an aromatic ring is 1. The normalized spacial score (nSPS) is 9.95. The number of rotatable bonds is 8. The number of anilines is 1. The number of benzene rings is 1. The molecule has 0 saturated heterocycles. The first-order valence-corrected chi connectivity index (χ1v) is 7.33. The molecule has 0 aliphatic heterocycles. The number of hydrogen-bond donors (Lipinski definition) is 2. The summed E-state index contributed by atoms with van der Waals surface area (Å²) in [4.78, 5) is 11.9. The van der Waals surface area contributed by atoms with Crippen molar-refractivity contribution >= 4 is 23.4 Å². The second-order valence-corrected chi connectivity index (χ2v) is 4.95. The van der Waals surface area contributed by atoms with Crippen LogP contribution in [0.1, 0.15) is 17.3 Å². The molecule has 0 aliphatic rings. The van der Waals surface area contributed by atoms with Crippen LogP contribution in [0.25, 0.3) is 0 Å². The van der Waals surface area contributed by atoms with Gasteiger partial charge in [0, 0.05) is 23.6 Å². The zero-order valence-electron chi connectivity index (χ0n) is 11.1. The minimum Gasteiger partial charge on any atom is -0.492 e. The second kappa shape index (κ2) is 8.48. The van der Waals surface area contributed by atoms with Gasteiger partial charge in [-0.05, 0) is 25.1 Å². The number of hydrogen-bond acceptors (Lipinski definition) is 4. The second-order valence-electron chi connectivity index (χ2n) is 3.81. The van der Waals surface area contributed by atoms with Crippen molar-refractivity contribution in [3.63, 3.8) is 0 Å². The highest BCUT2D eigenvalue weighted by Crippen LogP contribution is 2.22. The molecular formula is C14H20N2O2S. The van der Waals surface area contributed by atoms with E-state index in [1.165, 1.54) is 0 Å². The van der Waals surface area contributed by atoms with Crippen LogP contribution in [0.15, 0.2) is 30.9 Å². The van der Waals surface area contributed by atoms with E-state index in [9.17, 15) is 4.79 Å². The fraction of sp³-hybridized carbons (Fsp3) is 0.357. The van der Waals surface area contributed by atoms with Crippen LogP contribution in [0.2, 0.25) is 0 Å². The molecule has 0 spiro atoms. The van der Waals surface area contributed by atoms with Gasteiger partial charge in [0.15, 0.2) is 0 Å². The van der Waals surface area contributed by atoms with Crippen LogP contribution >= 0.6 is 11.8 Å². The molecule has 0 aliphatic carbocycles. The molecule has 0 radical (unpaired) electrons. The van der Waals surface area contributed by atoms with Gasteiger partial charge in [-0.2, -0.15) is 11.8 Å². The maximum atomic E-state index is 11.9. The van der Waals surface area contributed by atoms with Crippen LogP contribution in [0.5, 0.6) is 5.75 Å². The molecule has 1 aromatic carbocycles. The predicted octanol–water partition coefficient (Wildman–Crippen LogP) is 2.32. The third kappa shape index (κ3) is 5.26. The zero-order valence-corrected chi connectivity index (χ0v) is 12.0. The fourth-order valence-electron chi connectivity index (χ4n) is 1.48. The van der Waals surface area contributed by atoms with Crippen molar-refractivity contribution in [2.45, 2.75) is 6.92 Å². The Morgan fingerprint density at radius 3 is 3.00 bits per heavy atom. The molecule has 0 saturated carbocycles. The van der Waals surface area contributed by atoms with Crippen LogP contribution in [0.4, 0.5) is 5.69 Å². The van der Waals surface area contributed by atoms with E-state index in [0.29, 0.717) is 30.2 Å². The monoisotopic (exact) mass is 280 g/mol. The van der Waals surface area contributed by atoms with Crippen molar-refractivity contribution in [3.05, 3.63) is 36.4 Å². The molecule has 104 valence electrons. The minimum absolute atomic E-state index is 0.117. The number of thioether (sulfide) groups is 1. The minimum atomic E-state index is -0.117. The van der Waals surface area contributed by atoms with Gasteiger partial charge in [0.2, 0.25) is 0 Å². The molecule has 1 amide bonds. The van der Waals surface area contributed by atoms with E-state index >= 15 is 0 Å². The van der Waals surface area contributed by atoms with Gasteiger partial charge in [-0.15, -0.1) is 6.58 Å². The number of amides is 1. The number of carbonyl (C=O) groups excluding carboxylic acids is 1. The highest BCUT2D eigenvalue weighted by atomic mass is 32.2. The van der Waals surface area contributed by atoms with E-state index in [-0.39, 0.29) is 5.91 Å². The lowest BCUT2D eigenvalue weighted by Gasteiger charge is -2.09. The Bertz CT molecular complexity index is 435. The Kier molecular flexibility index (Phi) is 6.89. The van der Waals surface area contributed by atoms with Crippen LogP contribution in [0, 0.1) is 0 Å². The third-order valence-electron chi connectivity index (χ3n) is 2.34. The maximum Gasteiger partial charge on any atom is 0.251 e. The third-order valence-corrected chi connectivity index (χ3v) is 3.30. The first kappa shape index (κ1) is 15.4.